The van der Waals surface area contributed by atoms with Gasteiger partial charge in [-0.3, -0.25) is 9.59 Å². The van der Waals surface area contributed by atoms with E-state index in [4.69, 9.17) is 0 Å². The standard InChI is InChI=1S/C24H23FN2O3/c1-2-3-8-13-27-21(16-10-4-6-11-18(16)25)20(23(29)24(27)30)22(28)17-14-26-19-12-7-5-9-15(17)19/h4-7,9-12,14,21,26,28H,2-3,8,13H2,1H3/b22-20+. The number of nitrogens with one attached hydrogen (secondary N) is 1. The molecule has 154 valence electrons. The van der Waals surface area contributed by atoms with Crippen molar-refractivity contribution in [1.29, 1.82) is 0 Å². The zero-order valence-corrected chi connectivity index (χ0v) is 16.7. The molecule has 1 fully saturated rings. The molecule has 1 amide bonds. The van der Waals surface area contributed by atoms with E-state index < -0.39 is 23.5 Å². The van der Waals surface area contributed by atoms with E-state index in [0.29, 0.717) is 18.5 Å². The summed E-state index contributed by atoms with van der Waals surface area (Å²) in [5, 5.41) is 11.9. The number of aliphatic hydroxyl groups excluding tert-OH is 1. The summed E-state index contributed by atoms with van der Waals surface area (Å²) in [5.74, 6) is -2.31. The number of H-pyrrole nitrogens is 1. The van der Waals surface area contributed by atoms with E-state index in [9.17, 15) is 19.1 Å². The lowest BCUT2D eigenvalue weighted by atomic mass is 9.94. The predicted molar refractivity (Wildman–Crippen MR) is 113 cm³/mol. The molecule has 2 heterocycles. The van der Waals surface area contributed by atoms with Crippen LogP contribution in [0.2, 0.25) is 0 Å². The number of ketones is 1. The largest absolute Gasteiger partial charge is 0.507 e. The molecule has 0 bridgehead atoms. The Kier molecular flexibility index (Phi) is 5.40. The number of Topliss-reactive ketones (excluding diaryl/α,β-unsaturated/α-hetero) is 1. The summed E-state index contributed by atoms with van der Waals surface area (Å²) in [6.45, 7) is 2.36. The Hall–Kier alpha value is -3.41. The number of rotatable bonds is 6. The van der Waals surface area contributed by atoms with Crippen molar-refractivity contribution in [3.8, 4) is 0 Å². The van der Waals surface area contributed by atoms with Gasteiger partial charge in [0, 0.05) is 34.8 Å². The Morgan fingerprint density at radius 1 is 1.10 bits per heavy atom. The van der Waals surface area contributed by atoms with Gasteiger partial charge >= 0.3 is 0 Å². The Balaban J connectivity index is 1.89. The van der Waals surface area contributed by atoms with Crippen molar-refractivity contribution in [2.75, 3.05) is 6.54 Å². The molecule has 3 aromatic rings. The third kappa shape index (κ3) is 3.28. The molecule has 2 N–H and O–H groups in total. The number of aromatic amines is 1. The van der Waals surface area contributed by atoms with Crippen LogP contribution in [0.4, 0.5) is 4.39 Å². The quantitative estimate of drug-likeness (QED) is 0.264. The van der Waals surface area contributed by atoms with Crippen LogP contribution in [-0.2, 0) is 9.59 Å². The highest BCUT2D eigenvalue weighted by Crippen LogP contribution is 2.41. The van der Waals surface area contributed by atoms with Crippen molar-refractivity contribution in [2.24, 2.45) is 0 Å². The normalized spacial score (nSPS) is 18.5. The minimum Gasteiger partial charge on any atom is -0.507 e. The number of halogens is 1. The number of carbonyl (C=O) groups excluding carboxylic acids is 2. The first-order valence-electron chi connectivity index (χ1n) is 10.1. The summed E-state index contributed by atoms with van der Waals surface area (Å²) in [7, 11) is 0. The Labute approximate surface area is 173 Å². The molecule has 30 heavy (non-hydrogen) atoms. The van der Waals surface area contributed by atoms with Gasteiger partial charge in [0.25, 0.3) is 11.7 Å². The predicted octanol–water partition coefficient (Wildman–Crippen LogP) is 4.92. The lowest BCUT2D eigenvalue weighted by Gasteiger charge is -2.25. The van der Waals surface area contributed by atoms with Crippen LogP contribution in [-0.4, -0.2) is 33.2 Å². The number of fused-ring (bicyclic) bond motifs is 1. The molecule has 1 unspecified atom stereocenters. The second-order valence-electron chi connectivity index (χ2n) is 7.47. The van der Waals surface area contributed by atoms with Crippen molar-refractivity contribution in [2.45, 2.75) is 32.2 Å². The smallest absolute Gasteiger partial charge is 0.295 e. The maximum Gasteiger partial charge on any atom is 0.295 e. The number of aromatic nitrogens is 1. The molecule has 0 spiro atoms. The summed E-state index contributed by atoms with van der Waals surface area (Å²) in [6, 6.07) is 12.5. The van der Waals surface area contributed by atoms with Crippen molar-refractivity contribution >= 4 is 28.4 Å². The summed E-state index contributed by atoms with van der Waals surface area (Å²) < 4.78 is 14.7. The Morgan fingerprint density at radius 2 is 1.83 bits per heavy atom. The number of hydrogen-bond donors (Lipinski definition) is 2. The molecule has 0 saturated carbocycles. The van der Waals surface area contributed by atoms with Crippen LogP contribution >= 0.6 is 0 Å². The fourth-order valence-corrected chi connectivity index (χ4v) is 4.08. The van der Waals surface area contributed by atoms with Gasteiger partial charge in [-0.15, -0.1) is 0 Å². The molecule has 1 atom stereocenters. The number of amides is 1. The first-order chi connectivity index (χ1) is 14.5. The van der Waals surface area contributed by atoms with Crippen LogP contribution in [0.5, 0.6) is 0 Å². The van der Waals surface area contributed by atoms with Gasteiger partial charge in [-0.1, -0.05) is 56.2 Å². The van der Waals surface area contributed by atoms with Crippen molar-refractivity contribution in [3.63, 3.8) is 0 Å². The molecule has 1 saturated heterocycles. The zero-order chi connectivity index (χ0) is 21.3. The average Bonchev–Trinajstić information content (AvgIpc) is 3.29. The van der Waals surface area contributed by atoms with Gasteiger partial charge in [-0.05, 0) is 18.6 Å². The minimum absolute atomic E-state index is 0.0775. The molecule has 4 rings (SSSR count). The lowest BCUT2D eigenvalue weighted by Crippen LogP contribution is -2.31. The number of aliphatic hydroxyl groups is 1. The minimum atomic E-state index is -0.961. The number of nitrogens with zero attached hydrogens (tertiary/aromatic N) is 1. The fraction of sp³-hybridized carbons (Fsp3) is 0.250. The van der Waals surface area contributed by atoms with E-state index in [1.165, 1.54) is 11.0 Å². The summed E-state index contributed by atoms with van der Waals surface area (Å²) in [5.41, 5.74) is 1.33. The monoisotopic (exact) mass is 406 g/mol. The molecule has 2 aromatic carbocycles. The van der Waals surface area contributed by atoms with Gasteiger partial charge in [0.05, 0.1) is 11.6 Å². The van der Waals surface area contributed by atoms with Gasteiger partial charge in [0.15, 0.2) is 0 Å². The molecule has 5 nitrogen and oxygen atoms in total. The highest BCUT2D eigenvalue weighted by molar-refractivity contribution is 6.46. The maximum absolute atomic E-state index is 14.7. The van der Waals surface area contributed by atoms with E-state index in [-0.39, 0.29) is 16.9 Å². The number of likely N-dealkylation sites (tertiary alicyclic amines) is 1. The zero-order valence-electron chi connectivity index (χ0n) is 16.7. The second-order valence-corrected chi connectivity index (χ2v) is 7.47. The van der Waals surface area contributed by atoms with Crippen LogP contribution in [0.25, 0.3) is 16.7 Å². The van der Waals surface area contributed by atoms with E-state index in [1.807, 2.05) is 31.2 Å². The molecular weight excluding hydrogens is 383 g/mol. The SMILES string of the molecule is CCCCCN1C(=O)C(=O)/C(=C(/O)c2c[nH]c3ccccc23)C1c1ccccc1F. The van der Waals surface area contributed by atoms with Gasteiger partial charge in [0.2, 0.25) is 0 Å². The van der Waals surface area contributed by atoms with Crippen LogP contribution in [0.1, 0.15) is 43.4 Å². The molecule has 1 aliphatic rings. The van der Waals surface area contributed by atoms with Crippen LogP contribution < -0.4 is 0 Å². The van der Waals surface area contributed by atoms with Gasteiger partial charge in [0.1, 0.15) is 11.6 Å². The van der Waals surface area contributed by atoms with E-state index in [1.54, 1.807) is 24.4 Å². The third-order valence-corrected chi connectivity index (χ3v) is 5.59. The fourth-order valence-electron chi connectivity index (χ4n) is 4.08. The molecule has 0 aliphatic carbocycles. The lowest BCUT2D eigenvalue weighted by molar-refractivity contribution is -0.139. The number of unbranched alkanes of at least 4 members (excludes halogenated alkanes) is 2. The molecule has 1 aliphatic heterocycles. The average molecular weight is 406 g/mol. The van der Waals surface area contributed by atoms with E-state index in [2.05, 4.69) is 4.98 Å². The summed E-state index contributed by atoms with van der Waals surface area (Å²) >= 11 is 0. The maximum atomic E-state index is 14.7. The van der Waals surface area contributed by atoms with Gasteiger partial charge < -0.3 is 15.0 Å². The van der Waals surface area contributed by atoms with Crippen molar-refractivity contribution in [3.05, 3.63) is 77.2 Å². The van der Waals surface area contributed by atoms with E-state index in [0.717, 1.165) is 23.7 Å². The molecule has 0 radical (unpaired) electrons. The molecule has 6 heteroatoms. The number of benzene rings is 2. The van der Waals surface area contributed by atoms with Crippen molar-refractivity contribution < 1.29 is 19.1 Å². The Bertz CT molecular complexity index is 1150. The number of para-hydroxylation sites is 1. The second kappa shape index (κ2) is 8.14. The molecular formula is C24H23FN2O3. The van der Waals surface area contributed by atoms with E-state index >= 15 is 0 Å². The Morgan fingerprint density at radius 3 is 2.60 bits per heavy atom. The highest BCUT2D eigenvalue weighted by atomic mass is 19.1. The molecule has 1 aromatic heterocycles. The van der Waals surface area contributed by atoms with Crippen LogP contribution in [0.3, 0.4) is 0 Å². The topological polar surface area (TPSA) is 73.4 Å². The van der Waals surface area contributed by atoms with Gasteiger partial charge in [-0.25, -0.2) is 4.39 Å². The van der Waals surface area contributed by atoms with Crippen LogP contribution in [0, 0.1) is 5.82 Å². The summed E-state index contributed by atoms with van der Waals surface area (Å²) in [6.07, 6.45) is 4.13. The third-order valence-electron chi connectivity index (χ3n) is 5.59. The number of hydrogen-bond acceptors (Lipinski definition) is 3. The van der Waals surface area contributed by atoms with Crippen molar-refractivity contribution in [1.82, 2.24) is 9.88 Å². The summed E-state index contributed by atoms with van der Waals surface area (Å²) in [4.78, 5) is 30.3. The van der Waals surface area contributed by atoms with Crippen LogP contribution in [0.15, 0.2) is 60.3 Å². The number of carbonyl (C=O) groups is 2. The van der Waals surface area contributed by atoms with Gasteiger partial charge in [-0.2, -0.15) is 0 Å². The first-order valence-corrected chi connectivity index (χ1v) is 10.1. The first kappa shape index (κ1) is 19.9. The highest BCUT2D eigenvalue weighted by Gasteiger charge is 2.46.